The number of nitrogens with zero attached hydrogens (tertiary/aromatic N) is 3. The molecule has 1 aromatic carbocycles. The summed E-state index contributed by atoms with van der Waals surface area (Å²) in [7, 11) is 0. The van der Waals surface area contributed by atoms with Crippen LogP contribution in [0, 0.1) is 0 Å². The van der Waals surface area contributed by atoms with Crippen LogP contribution in [0.1, 0.15) is 23.2 Å². The maximum absolute atomic E-state index is 12.6. The van der Waals surface area contributed by atoms with Gasteiger partial charge >= 0.3 is 6.18 Å². The minimum atomic E-state index is -4.45. The summed E-state index contributed by atoms with van der Waals surface area (Å²) in [6.07, 6.45) is -3.64. The van der Waals surface area contributed by atoms with Crippen LogP contribution in [0.5, 0.6) is 0 Å². The molecule has 3 rings (SSSR count). The molecule has 1 aromatic heterocycles. The highest BCUT2D eigenvalue weighted by Crippen LogP contribution is 2.30. The van der Waals surface area contributed by atoms with Crippen LogP contribution < -0.4 is 15.5 Å². The van der Waals surface area contributed by atoms with Crippen molar-refractivity contribution in [2.75, 3.05) is 24.5 Å². The molecule has 1 aliphatic rings. The summed E-state index contributed by atoms with van der Waals surface area (Å²) < 4.78 is 37.9. The zero-order valence-corrected chi connectivity index (χ0v) is 16.0. The van der Waals surface area contributed by atoms with Crippen molar-refractivity contribution in [2.24, 2.45) is 4.99 Å². The summed E-state index contributed by atoms with van der Waals surface area (Å²) in [5, 5.41) is 7.16. The molecule has 10 heteroatoms. The first-order valence-corrected chi connectivity index (χ1v) is 9.68. The van der Waals surface area contributed by atoms with Crippen LogP contribution in [0.3, 0.4) is 0 Å². The third kappa shape index (κ3) is 4.80. The van der Waals surface area contributed by atoms with Gasteiger partial charge in [-0.25, -0.2) is 9.98 Å². The van der Waals surface area contributed by atoms with E-state index in [9.17, 15) is 18.0 Å². The molecule has 0 bridgehead atoms. The van der Waals surface area contributed by atoms with Crippen molar-refractivity contribution in [1.29, 1.82) is 0 Å². The minimum absolute atomic E-state index is 0.0602. The number of rotatable bonds is 5. The number of aromatic nitrogens is 1. The molecule has 0 atom stereocenters. The van der Waals surface area contributed by atoms with Crippen LogP contribution in [-0.4, -0.2) is 36.5 Å². The van der Waals surface area contributed by atoms with Crippen LogP contribution in [0.25, 0.3) is 0 Å². The van der Waals surface area contributed by atoms with Crippen molar-refractivity contribution in [1.82, 2.24) is 15.6 Å². The predicted octanol–water partition coefficient (Wildman–Crippen LogP) is 2.81. The smallest absolute Gasteiger partial charge is 0.357 e. The summed E-state index contributed by atoms with van der Waals surface area (Å²) in [4.78, 5) is 22.1. The van der Waals surface area contributed by atoms with Crippen LogP contribution >= 0.6 is 11.3 Å². The average Bonchev–Trinajstić information content (AvgIpc) is 3.30. The van der Waals surface area contributed by atoms with Gasteiger partial charge in [-0.1, -0.05) is 18.2 Å². The zero-order chi connectivity index (χ0) is 20.1. The molecule has 0 saturated carbocycles. The molecule has 6 nitrogen and oxygen atoms in total. The van der Waals surface area contributed by atoms with Crippen molar-refractivity contribution in [3.63, 3.8) is 0 Å². The number of hydrogen-bond donors (Lipinski definition) is 2. The van der Waals surface area contributed by atoms with Gasteiger partial charge in [0.2, 0.25) is 5.91 Å². The highest BCUT2D eigenvalue weighted by atomic mass is 32.1. The SMILES string of the molecule is CCNC(=NCC(=O)N1CCc2ccccc21)NCc1nc(C(F)(F)F)cs1. The summed E-state index contributed by atoms with van der Waals surface area (Å²) in [5.74, 6) is 0.225. The second-order valence-corrected chi connectivity index (χ2v) is 7.04. The maximum Gasteiger partial charge on any atom is 0.434 e. The van der Waals surface area contributed by atoms with E-state index in [2.05, 4.69) is 20.6 Å². The Labute approximate surface area is 164 Å². The molecule has 0 aliphatic carbocycles. The first-order valence-electron chi connectivity index (χ1n) is 8.80. The van der Waals surface area contributed by atoms with E-state index in [-0.39, 0.29) is 24.0 Å². The fourth-order valence-corrected chi connectivity index (χ4v) is 3.59. The minimum Gasteiger partial charge on any atom is -0.357 e. The van der Waals surface area contributed by atoms with Crippen molar-refractivity contribution in [2.45, 2.75) is 26.1 Å². The summed E-state index contributed by atoms with van der Waals surface area (Å²) >= 11 is 0.922. The number of alkyl halides is 3. The van der Waals surface area contributed by atoms with E-state index in [1.807, 2.05) is 31.2 Å². The Hall–Kier alpha value is -2.62. The quantitative estimate of drug-likeness (QED) is 0.587. The van der Waals surface area contributed by atoms with Crippen molar-refractivity contribution < 1.29 is 18.0 Å². The molecule has 1 aliphatic heterocycles. The van der Waals surface area contributed by atoms with Gasteiger partial charge in [0, 0.05) is 24.2 Å². The molecule has 28 heavy (non-hydrogen) atoms. The molecular weight excluding hydrogens is 391 g/mol. The lowest BCUT2D eigenvalue weighted by atomic mass is 10.2. The van der Waals surface area contributed by atoms with E-state index in [4.69, 9.17) is 0 Å². The van der Waals surface area contributed by atoms with Crippen LogP contribution in [0.4, 0.5) is 18.9 Å². The highest BCUT2D eigenvalue weighted by molar-refractivity contribution is 7.09. The number of para-hydroxylation sites is 1. The van der Waals surface area contributed by atoms with Crippen LogP contribution in [0.15, 0.2) is 34.6 Å². The lowest BCUT2D eigenvalue weighted by Crippen LogP contribution is -2.38. The van der Waals surface area contributed by atoms with Gasteiger partial charge in [0.15, 0.2) is 11.7 Å². The lowest BCUT2D eigenvalue weighted by molar-refractivity contribution is -0.140. The number of fused-ring (bicyclic) bond motifs is 1. The Morgan fingerprint density at radius 3 is 2.82 bits per heavy atom. The van der Waals surface area contributed by atoms with Gasteiger partial charge in [-0.3, -0.25) is 4.79 Å². The molecule has 0 radical (unpaired) electrons. The van der Waals surface area contributed by atoms with E-state index in [1.54, 1.807) is 4.90 Å². The Kier molecular flexibility index (Phi) is 6.18. The first kappa shape index (κ1) is 20.1. The number of anilines is 1. The van der Waals surface area contributed by atoms with Crippen molar-refractivity contribution in [3.05, 3.63) is 45.9 Å². The standard InChI is InChI=1S/C18H20F3N5OS/c1-2-22-17(23-9-15-25-14(11-28-15)18(19,20)21)24-10-16(27)26-8-7-12-5-3-4-6-13(12)26/h3-6,11H,2,7-10H2,1H3,(H2,22,23,24). The van der Waals surface area contributed by atoms with Crippen LogP contribution in [0.2, 0.25) is 0 Å². The molecular formula is C18H20F3N5OS. The monoisotopic (exact) mass is 411 g/mol. The molecule has 0 unspecified atom stereocenters. The lowest BCUT2D eigenvalue weighted by Gasteiger charge is -2.17. The topological polar surface area (TPSA) is 69.6 Å². The summed E-state index contributed by atoms with van der Waals surface area (Å²) in [6.45, 7) is 3.07. The largest absolute Gasteiger partial charge is 0.434 e. The van der Waals surface area contributed by atoms with Gasteiger partial charge in [-0.05, 0) is 25.0 Å². The number of benzene rings is 1. The van der Waals surface area contributed by atoms with Crippen molar-refractivity contribution >= 4 is 28.9 Å². The number of hydrogen-bond acceptors (Lipinski definition) is 4. The third-order valence-electron chi connectivity index (χ3n) is 4.15. The van der Waals surface area contributed by atoms with E-state index >= 15 is 0 Å². The van der Waals surface area contributed by atoms with E-state index in [0.717, 1.165) is 34.4 Å². The first-order chi connectivity index (χ1) is 13.4. The third-order valence-corrected chi connectivity index (χ3v) is 5.00. The number of thiazole rings is 1. The van der Waals surface area contributed by atoms with E-state index in [0.29, 0.717) is 19.0 Å². The van der Waals surface area contributed by atoms with Gasteiger partial charge in [0.25, 0.3) is 0 Å². The molecule has 0 fully saturated rings. The van der Waals surface area contributed by atoms with Gasteiger partial charge in [0.1, 0.15) is 11.6 Å². The molecule has 2 N–H and O–H groups in total. The molecule has 1 amide bonds. The molecule has 0 saturated heterocycles. The number of amides is 1. The van der Waals surface area contributed by atoms with Crippen molar-refractivity contribution in [3.8, 4) is 0 Å². The Bertz CT molecular complexity index is 865. The number of carbonyl (C=O) groups excluding carboxylic acids is 1. The van der Waals surface area contributed by atoms with E-state index in [1.165, 1.54) is 0 Å². The number of guanidine groups is 1. The molecule has 0 spiro atoms. The predicted molar refractivity (Wildman–Crippen MR) is 102 cm³/mol. The second-order valence-electron chi connectivity index (χ2n) is 6.10. The van der Waals surface area contributed by atoms with Gasteiger partial charge < -0.3 is 15.5 Å². The number of aliphatic imine (C=N–C) groups is 1. The fraction of sp³-hybridized carbons (Fsp3) is 0.389. The van der Waals surface area contributed by atoms with Gasteiger partial charge in [0.05, 0.1) is 6.54 Å². The average molecular weight is 411 g/mol. The number of nitrogens with one attached hydrogen (secondary N) is 2. The fourth-order valence-electron chi connectivity index (χ4n) is 2.85. The highest BCUT2D eigenvalue weighted by Gasteiger charge is 2.33. The van der Waals surface area contributed by atoms with E-state index < -0.39 is 11.9 Å². The normalized spacial score (nSPS) is 14.1. The molecule has 150 valence electrons. The number of carbonyl (C=O) groups is 1. The molecule has 2 heterocycles. The zero-order valence-electron chi connectivity index (χ0n) is 15.2. The van der Waals surface area contributed by atoms with Crippen LogP contribution in [-0.2, 0) is 23.9 Å². The second kappa shape index (κ2) is 8.59. The Morgan fingerprint density at radius 1 is 1.32 bits per heavy atom. The summed E-state index contributed by atoms with van der Waals surface area (Å²) in [6, 6.07) is 7.75. The maximum atomic E-state index is 12.6. The van der Waals surface area contributed by atoms with Gasteiger partial charge in [-0.2, -0.15) is 13.2 Å². The Balaban J connectivity index is 1.60. The number of halogens is 3. The summed E-state index contributed by atoms with van der Waals surface area (Å²) in [5.41, 5.74) is 1.14. The van der Waals surface area contributed by atoms with Gasteiger partial charge in [-0.15, -0.1) is 11.3 Å². The molecule has 2 aromatic rings. The Morgan fingerprint density at radius 2 is 2.11 bits per heavy atom.